The van der Waals surface area contributed by atoms with Crippen molar-refractivity contribution in [3.63, 3.8) is 0 Å². The van der Waals surface area contributed by atoms with Crippen molar-refractivity contribution in [1.29, 1.82) is 0 Å². The van der Waals surface area contributed by atoms with Crippen molar-refractivity contribution in [3.8, 4) is 0 Å². The first-order valence-electron chi connectivity index (χ1n) is 7.31. The highest BCUT2D eigenvalue weighted by atomic mass is 16.1. The molecule has 22 heavy (non-hydrogen) atoms. The van der Waals surface area contributed by atoms with Crippen molar-refractivity contribution in [3.05, 3.63) is 36.0 Å². The van der Waals surface area contributed by atoms with Crippen molar-refractivity contribution in [2.75, 3.05) is 22.5 Å². The van der Waals surface area contributed by atoms with Gasteiger partial charge in [0.25, 0.3) is 0 Å². The van der Waals surface area contributed by atoms with Crippen LogP contribution in [0.15, 0.2) is 30.3 Å². The highest BCUT2D eigenvalue weighted by Gasteiger charge is 2.03. The van der Waals surface area contributed by atoms with Gasteiger partial charge in [-0.2, -0.15) is 4.98 Å². The number of rotatable bonds is 6. The maximum Gasteiger partial charge on any atom is 0.229 e. The van der Waals surface area contributed by atoms with Crippen LogP contribution in [0.3, 0.4) is 0 Å². The van der Waals surface area contributed by atoms with E-state index in [2.05, 4.69) is 32.8 Å². The SMILES string of the molecule is CCCNc1cc(C)nc(Nc2ccc(NC(C)=O)cc2)n1. The molecule has 0 fully saturated rings. The number of carbonyl (C=O) groups is 1. The number of carbonyl (C=O) groups excluding carboxylic acids is 1. The second kappa shape index (κ2) is 7.40. The molecule has 0 saturated carbocycles. The van der Waals surface area contributed by atoms with Gasteiger partial charge in [-0.25, -0.2) is 4.98 Å². The van der Waals surface area contributed by atoms with Crippen LogP contribution >= 0.6 is 0 Å². The maximum atomic E-state index is 11.0. The zero-order valence-corrected chi connectivity index (χ0v) is 13.1. The van der Waals surface area contributed by atoms with Crippen LogP contribution in [-0.2, 0) is 4.79 Å². The molecule has 2 rings (SSSR count). The zero-order valence-electron chi connectivity index (χ0n) is 13.1. The molecule has 0 aliphatic heterocycles. The monoisotopic (exact) mass is 299 g/mol. The van der Waals surface area contributed by atoms with Gasteiger partial charge in [0.15, 0.2) is 0 Å². The summed E-state index contributed by atoms with van der Waals surface area (Å²) in [5, 5.41) is 9.15. The summed E-state index contributed by atoms with van der Waals surface area (Å²) in [5.41, 5.74) is 2.51. The summed E-state index contributed by atoms with van der Waals surface area (Å²) in [6.07, 6.45) is 1.04. The largest absolute Gasteiger partial charge is 0.370 e. The van der Waals surface area contributed by atoms with E-state index in [-0.39, 0.29) is 5.91 Å². The van der Waals surface area contributed by atoms with Gasteiger partial charge < -0.3 is 16.0 Å². The molecule has 0 bridgehead atoms. The summed E-state index contributed by atoms with van der Waals surface area (Å²) in [5.74, 6) is 1.27. The third-order valence-electron chi connectivity index (χ3n) is 2.87. The molecule has 3 N–H and O–H groups in total. The third kappa shape index (κ3) is 4.73. The zero-order chi connectivity index (χ0) is 15.9. The van der Waals surface area contributed by atoms with Gasteiger partial charge in [0, 0.05) is 36.6 Å². The van der Waals surface area contributed by atoms with Crippen LogP contribution in [-0.4, -0.2) is 22.4 Å². The number of aromatic nitrogens is 2. The highest BCUT2D eigenvalue weighted by Crippen LogP contribution is 2.18. The van der Waals surface area contributed by atoms with Gasteiger partial charge in [-0.1, -0.05) is 6.92 Å². The van der Waals surface area contributed by atoms with Gasteiger partial charge in [-0.3, -0.25) is 4.79 Å². The van der Waals surface area contributed by atoms with E-state index in [0.29, 0.717) is 5.95 Å². The Morgan fingerprint density at radius 3 is 2.45 bits per heavy atom. The fourth-order valence-corrected chi connectivity index (χ4v) is 1.94. The minimum Gasteiger partial charge on any atom is -0.370 e. The Kier molecular flexibility index (Phi) is 5.30. The van der Waals surface area contributed by atoms with Gasteiger partial charge in [0.05, 0.1) is 0 Å². The molecule has 0 aliphatic carbocycles. The normalized spacial score (nSPS) is 10.1. The maximum absolute atomic E-state index is 11.0. The summed E-state index contributed by atoms with van der Waals surface area (Å²) in [4.78, 5) is 19.8. The Bertz CT molecular complexity index is 639. The molecule has 0 aliphatic rings. The van der Waals surface area contributed by atoms with Crippen molar-refractivity contribution in [2.45, 2.75) is 27.2 Å². The minimum atomic E-state index is -0.0885. The predicted molar refractivity (Wildman–Crippen MR) is 89.6 cm³/mol. The molecular weight excluding hydrogens is 278 g/mol. The summed E-state index contributed by atoms with van der Waals surface area (Å²) in [6, 6.07) is 9.32. The first kappa shape index (κ1) is 15.8. The molecule has 0 unspecified atom stereocenters. The number of nitrogens with zero attached hydrogens (tertiary/aromatic N) is 2. The average Bonchev–Trinajstić information content (AvgIpc) is 2.46. The molecule has 116 valence electrons. The lowest BCUT2D eigenvalue weighted by Gasteiger charge is -2.10. The van der Waals surface area contributed by atoms with E-state index in [1.807, 2.05) is 37.3 Å². The summed E-state index contributed by atoms with van der Waals surface area (Å²) < 4.78 is 0. The van der Waals surface area contributed by atoms with Crippen LogP contribution in [0.1, 0.15) is 26.0 Å². The van der Waals surface area contributed by atoms with E-state index in [1.54, 1.807) is 0 Å². The Labute approximate surface area is 130 Å². The fraction of sp³-hybridized carbons (Fsp3) is 0.312. The summed E-state index contributed by atoms with van der Waals surface area (Å²) >= 11 is 0. The van der Waals surface area contributed by atoms with Crippen LogP contribution in [0, 0.1) is 6.92 Å². The summed E-state index contributed by atoms with van der Waals surface area (Å²) in [6.45, 7) is 6.40. The molecule has 0 saturated heterocycles. The molecule has 6 heteroatoms. The van der Waals surface area contributed by atoms with E-state index in [0.717, 1.165) is 35.9 Å². The number of nitrogens with one attached hydrogen (secondary N) is 3. The van der Waals surface area contributed by atoms with Crippen molar-refractivity contribution in [1.82, 2.24) is 9.97 Å². The van der Waals surface area contributed by atoms with Crippen LogP contribution in [0.5, 0.6) is 0 Å². The average molecular weight is 299 g/mol. The van der Waals surface area contributed by atoms with Crippen molar-refractivity contribution < 1.29 is 4.79 Å². The lowest BCUT2D eigenvalue weighted by Crippen LogP contribution is -2.07. The molecule has 1 aromatic carbocycles. The van der Waals surface area contributed by atoms with Crippen LogP contribution < -0.4 is 16.0 Å². The quantitative estimate of drug-likeness (QED) is 0.762. The van der Waals surface area contributed by atoms with Crippen molar-refractivity contribution in [2.24, 2.45) is 0 Å². The topological polar surface area (TPSA) is 78.9 Å². The smallest absolute Gasteiger partial charge is 0.229 e. The van der Waals surface area contributed by atoms with Crippen LogP contribution in [0.25, 0.3) is 0 Å². The van der Waals surface area contributed by atoms with Gasteiger partial charge in [0.1, 0.15) is 5.82 Å². The molecule has 1 aromatic heterocycles. The molecular formula is C16H21N5O. The van der Waals surface area contributed by atoms with E-state index < -0.39 is 0 Å². The van der Waals surface area contributed by atoms with Gasteiger partial charge in [-0.15, -0.1) is 0 Å². The van der Waals surface area contributed by atoms with Gasteiger partial charge in [0.2, 0.25) is 11.9 Å². The second-order valence-electron chi connectivity index (χ2n) is 5.03. The number of aryl methyl sites for hydroxylation is 1. The van der Waals surface area contributed by atoms with E-state index in [1.165, 1.54) is 6.92 Å². The van der Waals surface area contributed by atoms with Crippen LogP contribution in [0.2, 0.25) is 0 Å². The van der Waals surface area contributed by atoms with Crippen LogP contribution in [0.4, 0.5) is 23.1 Å². The lowest BCUT2D eigenvalue weighted by molar-refractivity contribution is -0.114. The van der Waals surface area contributed by atoms with E-state index >= 15 is 0 Å². The minimum absolute atomic E-state index is 0.0885. The first-order chi connectivity index (χ1) is 10.6. The predicted octanol–water partition coefficient (Wildman–Crippen LogP) is 3.31. The molecule has 2 aromatic rings. The Balaban J connectivity index is 2.09. The number of hydrogen-bond acceptors (Lipinski definition) is 5. The van der Waals surface area contributed by atoms with Gasteiger partial charge in [-0.05, 0) is 37.6 Å². The molecule has 1 amide bonds. The molecule has 0 atom stereocenters. The van der Waals surface area contributed by atoms with E-state index in [9.17, 15) is 4.79 Å². The Morgan fingerprint density at radius 2 is 1.82 bits per heavy atom. The highest BCUT2D eigenvalue weighted by molar-refractivity contribution is 5.88. The van der Waals surface area contributed by atoms with E-state index in [4.69, 9.17) is 0 Å². The first-order valence-corrected chi connectivity index (χ1v) is 7.31. The Morgan fingerprint density at radius 1 is 1.14 bits per heavy atom. The third-order valence-corrected chi connectivity index (χ3v) is 2.87. The van der Waals surface area contributed by atoms with Crippen molar-refractivity contribution >= 4 is 29.0 Å². The second-order valence-corrected chi connectivity index (χ2v) is 5.03. The number of anilines is 4. The molecule has 0 spiro atoms. The Hall–Kier alpha value is -2.63. The number of amides is 1. The summed E-state index contributed by atoms with van der Waals surface area (Å²) in [7, 11) is 0. The fourth-order valence-electron chi connectivity index (χ4n) is 1.94. The van der Waals surface area contributed by atoms with Gasteiger partial charge >= 0.3 is 0 Å². The standard InChI is InChI=1S/C16H21N5O/c1-4-9-17-15-10-11(2)18-16(21-15)20-14-7-5-13(6-8-14)19-12(3)22/h5-8,10H,4,9H2,1-3H3,(H,19,22)(H2,17,18,20,21). The molecule has 1 heterocycles. The number of benzene rings is 1. The lowest BCUT2D eigenvalue weighted by atomic mass is 10.3. The number of hydrogen-bond donors (Lipinski definition) is 3. The molecule has 0 radical (unpaired) electrons. The molecule has 6 nitrogen and oxygen atoms in total.